The number of ether oxygens (including phenoxy) is 1. The van der Waals surface area contributed by atoms with Gasteiger partial charge < -0.3 is 9.64 Å². The van der Waals surface area contributed by atoms with Gasteiger partial charge >= 0.3 is 0 Å². The first-order chi connectivity index (χ1) is 9.71. The number of aryl methyl sites for hydroxylation is 1. The van der Waals surface area contributed by atoms with E-state index >= 15 is 0 Å². The molecule has 2 aliphatic heterocycles. The average molecular weight is 268 g/mol. The van der Waals surface area contributed by atoms with E-state index in [0.29, 0.717) is 17.5 Å². The second-order valence-corrected chi connectivity index (χ2v) is 5.60. The Kier molecular flexibility index (Phi) is 3.08. The topological polar surface area (TPSA) is 72.9 Å². The molecule has 20 heavy (non-hydrogen) atoms. The van der Waals surface area contributed by atoms with Gasteiger partial charge in [0.15, 0.2) is 0 Å². The zero-order valence-electron chi connectivity index (χ0n) is 11.5. The standard InChI is InChI=1S/C15H16N4O/c1-2-13-11(6-16)5-12(7-17)14(18-13)19-4-3-15(8-19)9-20-10-15/h5H,2-4,8-10H2,1H3. The molecule has 2 fully saturated rings. The lowest BCUT2D eigenvalue weighted by Crippen LogP contribution is -2.44. The largest absolute Gasteiger partial charge is 0.380 e. The first-order valence-corrected chi connectivity index (χ1v) is 6.88. The fraction of sp³-hybridized carbons (Fsp3) is 0.533. The number of pyridine rings is 1. The molecule has 1 aromatic rings. The maximum absolute atomic E-state index is 9.31. The van der Waals surface area contributed by atoms with Crippen molar-refractivity contribution in [3.63, 3.8) is 0 Å². The summed E-state index contributed by atoms with van der Waals surface area (Å²) >= 11 is 0. The summed E-state index contributed by atoms with van der Waals surface area (Å²) in [5.41, 5.74) is 2.03. The number of anilines is 1. The van der Waals surface area contributed by atoms with Gasteiger partial charge in [-0.2, -0.15) is 10.5 Å². The van der Waals surface area contributed by atoms with Crippen LogP contribution in [0.4, 0.5) is 5.82 Å². The van der Waals surface area contributed by atoms with E-state index in [0.717, 1.165) is 44.2 Å². The number of rotatable bonds is 2. The van der Waals surface area contributed by atoms with E-state index in [1.807, 2.05) is 6.92 Å². The SMILES string of the molecule is CCc1nc(N2CCC3(COC3)C2)c(C#N)cc1C#N. The predicted octanol–water partition coefficient (Wildman–Crippen LogP) is 1.61. The van der Waals surface area contributed by atoms with E-state index in [1.54, 1.807) is 6.07 Å². The van der Waals surface area contributed by atoms with Crippen LogP contribution in [0.15, 0.2) is 6.07 Å². The second-order valence-electron chi connectivity index (χ2n) is 5.60. The summed E-state index contributed by atoms with van der Waals surface area (Å²) in [5, 5.41) is 18.4. The molecule has 3 heterocycles. The highest BCUT2D eigenvalue weighted by Gasteiger charge is 2.45. The van der Waals surface area contributed by atoms with Crippen LogP contribution in [0.5, 0.6) is 0 Å². The quantitative estimate of drug-likeness (QED) is 0.814. The molecule has 0 aliphatic carbocycles. The van der Waals surface area contributed by atoms with Crippen LogP contribution in [-0.4, -0.2) is 31.3 Å². The lowest BCUT2D eigenvalue weighted by molar-refractivity contribution is -0.0985. The third kappa shape index (κ3) is 1.92. The fourth-order valence-electron chi connectivity index (χ4n) is 2.97. The maximum Gasteiger partial charge on any atom is 0.146 e. The Labute approximate surface area is 118 Å². The van der Waals surface area contributed by atoms with Gasteiger partial charge in [-0.1, -0.05) is 6.92 Å². The van der Waals surface area contributed by atoms with Crippen molar-refractivity contribution in [3.8, 4) is 12.1 Å². The summed E-state index contributed by atoms with van der Waals surface area (Å²) in [6.45, 7) is 5.39. The molecule has 0 radical (unpaired) electrons. The molecule has 1 spiro atoms. The number of hydrogen-bond donors (Lipinski definition) is 0. The van der Waals surface area contributed by atoms with Crippen LogP contribution >= 0.6 is 0 Å². The third-order valence-corrected chi connectivity index (χ3v) is 4.21. The number of hydrogen-bond acceptors (Lipinski definition) is 5. The molecule has 0 unspecified atom stereocenters. The Bertz CT molecular complexity index is 622. The van der Waals surface area contributed by atoms with Crippen molar-refractivity contribution in [1.29, 1.82) is 10.5 Å². The van der Waals surface area contributed by atoms with Crippen LogP contribution < -0.4 is 4.90 Å². The van der Waals surface area contributed by atoms with Gasteiger partial charge in [-0.05, 0) is 18.9 Å². The molecule has 5 nitrogen and oxygen atoms in total. The van der Waals surface area contributed by atoms with Crippen LogP contribution in [0.25, 0.3) is 0 Å². The van der Waals surface area contributed by atoms with E-state index < -0.39 is 0 Å². The summed E-state index contributed by atoms with van der Waals surface area (Å²) in [4.78, 5) is 6.75. The molecule has 1 aromatic heterocycles. The summed E-state index contributed by atoms with van der Waals surface area (Å²) in [7, 11) is 0. The van der Waals surface area contributed by atoms with Crippen LogP contribution in [0.3, 0.4) is 0 Å². The van der Waals surface area contributed by atoms with Gasteiger partial charge in [0.25, 0.3) is 0 Å². The molecule has 3 rings (SSSR count). The molecule has 0 saturated carbocycles. The lowest BCUT2D eigenvalue weighted by atomic mass is 9.85. The van der Waals surface area contributed by atoms with E-state index in [4.69, 9.17) is 10.00 Å². The highest BCUT2D eigenvalue weighted by Crippen LogP contribution is 2.39. The van der Waals surface area contributed by atoms with Gasteiger partial charge in [0.05, 0.1) is 30.0 Å². The molecular formula is C15H16N4O. The van der Waals surface area contributed by atoms with Crippen molar-refractivity contribution in [1.82, 2.24) is 4.98 Å². The van der Waals surface area contributed by atoms with Crippen LogP contribution in [0, 0.1) is 28.1 Å². The van der Waals surface area contributed by atoms with Crippen molar-refractivity contribution in [3.05, 3.63) is 22.9 Å². The van der Waals surface area contributed by atoms with Crippen LogP contribution in [0.1, 0.15) is 30.2 Å². The molecule has 0 aromatic carbocycles. The Morgan fingerprint density at radius 3 is 2.60 bits per heavy atom. The van der Waals surface area contributed by atoms with Crippen molar-refractivity contribution in [2.75, 3.05) is 31.2 Å². The van der Waals surface area contributed by atoms with Crippen molar-refractivity contribution in [2.45, 2.75) is 19.8 Å². The molecule has 0 atom stereocenters. The zero-order valence-corrected chi connectivity index (χ0v) is 11.5. The molecule has 5 heteroatoms. The van der Waals surface area contributed by atoms with Gasteiger partial charge in [0.2, 0.25) is 0 Å². The number of aromatic nitrogens is 1. The minimum absolute atomic E-state index is 0.259. The van der Waals surface area contributed by atoms with E-state index in [1.165, 1.54) is 0 Å². The van der Waals surface area contributed by atoms with Crippen molar-refractivity contribution in [2.24, 2.45) is 5.41 Å². The van der Waals surface area contributed by atoms with Gasteiger partial charge in [-0.3, -0.25) is 0 Å². The maximum atomic E-state index is 9.31. The first-order valence-electron chi connectivity index (χ1n) is 6.88. The fourth-order valence-corrected chi connectivity index (χ4v) is 2.97. The number of nitriles is 2. The summed E-state index contributed by atoms with van der Waals surface area (Å²) in [5.74, 6) is 0.729. The Morgan fingerprint density at radius 2 is 2.10 bits per heavy atom. The summed E-state index contributed by atoms with van der Waals surface area (Å²) in [6.07, 6.45) is 1.78. The minimum atomic E-state index is 0.259. The molecule has 102 valence electrons. The summed E-state index contributed by atoms with van der Waals surface area (Å²) < 4.78 is 5.33. The molecule has 0 N–H and O–H groups in total. The second kappa shape index (κ2) is 4.77. The molecule has 0 bridgehead atoms. The highest BCUT2D eigenvalue weighted by atomic mass is 16.5. The average Bonchev–Trinajstić information content (AvgIpc) is 2.91. The zero-order chi connectivity index (χ0) is 14.2. The Hall–Kier alpha value is -2.11. The van der Waals surface area contributed by atoms with Crippen LogP contribution in [-0.2, 0) is 11.2 Å². The Balaban J connectivity index is 1.97. The predicted molar refractivity (Wildman–Crippen MR) is 73.1 cm³/mol. The van der Waals surface area contributed by atoms with Gasteiger partial charge in [0, 0.05) is 18.5 Å². The molecule has 0 amide bonds. The van der Waals surface area contributed by atoms with E-state index in [9.17, 15) is 5.26 Å². The number of nitrogens with zero attached hydrogens (tertiary/aromatic N) is 4. The van der Waals surface area contributed by atoms with E-state index in [-0.39, 0.29) is 5.41 Å². The third-order valence-electron chi connectivity index (χ3n) is 4.21. The smallest absolute Gasteiger partial charge is 0.146 e. The lowest BCUT2D eigenvalue weighted by Gasteiger charge is -2.37. The normalized spacial score (nSPS) is 19.4. The van der Waals surface area contributed by atoms with Crippen molar-refractivity contribution >= 4 is 5.82 Å². The van der Waals surface area contributed by atoms with Gasteiger partial charge in [-0.15, -0.1) is 0 Å². The molecular weight excluding hydrogens is 252 g/mol. The first kappa shape index (κ1) is 12.9. The van der Waals surface area contributed by atoms with Gasteiger partial charge in [0.1, 0.15) is 18.0 Å². The summed E-state index contributed by atoms with van der Waals surface area (Å²) in [6, 6.07) is 5.97. The van der Waals surface area contributed by atoms with Gasteiger partial charge in [-0.25, -0.2) is 4.98 Å². The van der Waals surface area contributed by atoms with Crippen LogP contribution in [0.2, 0.25) is 0 Å². The minimum Gasteiger partial charge on any atom is -0.380 e. The van der Waals surface area contributed by atoms with E-state index in [2.05, 4.69) is 22.0 Å². The molecule has 2 aliphatic rings. The van der Waals surface area contributed by atoms with Crippen molar-refractivity contribution < 1.29 is 4.74 Å². The monoisotopic (exact) mass is 268 g/mol. The molecule has 2 saturated heterocycles. The highest BCUT2D eigenvalue weighted by molar-refractivity contribution is 5.59. The Morgan fingerprint density at radius 1 is 1.35 bits per heavy atom.